The minimum absolute atomic E-state index is 0.704. The van der Waals surface area contributed by atoms with Gasteiger partial charge in [-0.1, -0.05) is 48.5 Å². The lowest BCUT2D eigenvalue weighted by atomic mass is 9.92. The van der Waals surface area contributed by atoms with Gasteiger partial charge in [-0.05, 0) is 115 Å². The number of fused-ring (bicyclic) bond motifs is 1. The first-order chi connectivity index (χ1) is 31.8. The van der Waals surface area contributed by atoms with E-state index in [1.165, 1.54) is 0 Å². The Bertz CT molecular complexity index is 3160. The van der Waals surface area contributed by atoms with Gasteiger partial charge in [-0.2, -0.15) is 5.26 Å². The van der Waals surface area contributed by atoms with Gasteiger partial charge in [0.2, 0.25) is 0 Å². The summed E-state index contributed by atoms with van der Waals surface area (Å²) < 4.78 is 0. The molecule has 10 heteroatoms. The van der Waals surface area contributed by atoms with Crippen LogP contribution in [0.25, 0.3) is 77.3 Å². The van der Waals surface area contributed by atoms with E-state index in [0.717, 1.165) is 111 Å². The Morgan fingerprint density at radius 3 is 1.14 bits per heavy atom. The zero-order valence-corrected chi connectivity index (χ0v) is 38.7. The van der Waals surface area contributed by atoms with Crippen molar-refractivity contribution in [3.05, 3.63) is 163 Å². The van der Waals surface area contributed by atoms with E-state index in [-0.39, 0.29) is 0 Å². The highest BCUT2D eigenvalue weighted by Gasteiger charge is 2.20. The fourth-order valence-corrected chi connectivity index (χ4v) is 8.07. The van der Waals surface area contributed by atoms with Crippen molar-refractivity contribution < 1.29 is 0 Å². The number of nitrogens with zero attached hydrogens (tertiary/aromatic N) is 8. The molecule has 0 aliphatic carbocycles. The highest BCUT2D eigenvalue weighted by Crippen LogP contribution is 2.42. The summed E-state index contributed by atoms with van der Waals surface area (Å²) in [7, 11) is 16.3. The van der Waals surface area contributed by atoms with Gasteiger partial charge in [-0.3, -0.25) is 0 Å². The molecule has 0 aliphatic heterocycles. The monoisotopic (exact) mass is 866 g/mol. The average molecular weight is 867 g/mol. The van der Waals surface area contributed by atoms with Crippen LogP contribution in [0.3, 0.4) is 0 Å². The van der Waals surface area contributed by atoms with E-state index in [2.05, 4.69) is 146 Å². The van der Waals surface area contributed by atoms with Crippen molar-refractivity contribution in [2.24, 2.45) is 0 Å². The molecule has 66 heavy (non-hydrogen) atoms. The number of nitrogens with two attached hydrogens (primary N) is 2. The van der Waals surface area contributed by atoms with Crippen molar-refractivity contribution in [1.82, 2.24) is 15.0 Å². The normalized spacial score (nSPS) is 10.8. The van der Waals surface area contributed by atoms with Gasteiger partial charge in [0.15, 0.2) is 5.82 Å². The number of benzene rings is 8. The van der Waals surface area contributed by atoms with Crippen molar-refractivity contribution in [3.63, 3.8) is 0 Å². The fourth-order valence-electron chi connectivity index (χ4n) is 8.07. The maximum absolute atomic E-state index is 8.50. The van der Waals surface area contributed by atoms with Crippen LogP contribution in [0, 0.1) is 11.3 Å². The van der Waals surface area contributed by atoms with Crippen molar-refractivity contribution in [1.29, 1.82) is 5.26 Å². The first-order valence-corrected chi connectivity index (χ1v) is 21.7. The average Bonchev–Trinajstić information content (AvgIpc) is 3.33. The number of pyridine rings is 1. The molecule has 0 atom stereocenters. The van der Waals surface area contributed by atoms with Crippen molar-refractivity contribution >= 4 is 77.5 Å². The Kier molecular flexibility index (Phi) is 12.5. The van der Waals surface area contributed by atoms with E-state index in [0.29, 0.717) is 5.56 Å². The molecule has 0 fully saturated rings. The van der Waals surface area contributed by atoms with Crippen molar-refractivity contribution in [2.45, 2.75) is 0 Å². The SMILES string of the molecule is CN(C)c1ccc(-c2nc3ccc4c(-c5ccc(N(C)C)cc5)nc(-c5ccc(N(C)C)cc5)c5ccc(n2)c3c45)cc1.CN(C)c1ccc(C#N)cc1.Nc1cccc2cccc(N)c12. The van der Waals surface area contributed by atoms with Crippen molar-refractivity contribution in [3.8, 4) is 40.0 Å². The topological polar surface area (TPSA) is 127 Å². The molecule has 10 aromatic rings. The molecule has 8 aromatic carbocycles. The second kappa shape index (κ2) is 18.7. The van der Waals surface area contributed by atoms with Crippen LogP contribution in [-0.4, -0.2) is 71.3 Å². The summed E-state index contributed by atoms with van der Waals surface area (Å²) in [6.45, 7) is 0. The summed E-state index contributed by atoms with van der Waals surface area (Å²) in [6.07, 6.45) is 0. The Morgan fingerprint density at radius 2 is 0.773 bits per heavy atom. The predicted molar refractivity (Wildman–Crippen MR) is 281 cm³/mol. The number of nitrogen functional groups attached to an aromatic ring is 2. The van der Waals surface area contributed by atoms with Crippen molar-refractivity contribution in [2.75, 3.05) is 87.4 Å². The molecule has 2 heterocycles. The van der Waals surface area contributed by atoms with Gasteiger partial charge in [-0.25, -0.2) is 15.0 Å². The lowest BCUT2D eigenvalue weighted by Gasteiger charge is -2.18. The molecule has 4 N–H and O–H groups in total. The third-order valence-electron chi connectivity index (χ3n) is 11.7. The standard InChI is InChI=1S/C37H34N6.C10H10N2.C9H10N2/c1-41(2)26-13-7-23(8-14-26)35-29-19-21-31-34-32(39-37(38-31)25-11-17-28(18-12-25)43(5)6)22-20-30(33(29)34)36(40-35)24-9-15-27(16-10-24)42(3)4;11-8-5-1-3-7-4-2-6-9(12)10(7)8;1-11(2)9-5-3-8(7-10)4-6-9/h7-22H,1-6H3;1-6H,11-12H2;3-6H,1-2H3. The summed E-state index contributed by atoms with van der Waals surface area (Å²) in [5.74, 6) is 0.730. The van der Waals surface area contributed by atoms with E-state index in [1.807, 2.05) is 93.8 Å². The fraction of sp³-hybridized carbons (Fsp3) is 0.143. The Hall–Kier alpha value is -8.42. The molecule has 328 valence electrons. The van der Waals surface area contributed by atoms with Gasteiger partial charge in [0.05, 0.1) is 34.1 Å². The van der Waals surface area contributed by atoms with E-state index < -0.39 is 0 Å². The van der Waals surface area contributed by atoms with Crippen LogP contribution >= 0.6 is 0 Å². The molecule has 10 nitrogen and oxygen atoms in total. The van der Waals surface area contributed by atoms with Crippen LogP contribution in [0.5, 0.6) is 0 Å². The zero-order chi connectivity index (χ0) is 46.6. The van der Waals surface area contributed by atoms with E-state index in [9.17, 15) is 0 Å². The highest BCUT2D eigenvalue weighted by molar-refractivity contribution is 6.26. The van der Waals surface area contributed by atoms with Gasteiger partial charge < -0.3 is 31.1 Å². The molecule has 0 amide bonds. The molecular weight excluding hydrogens is 813 g/mol. The van der Waals surface area contributed by atoms with Gasteiger partial charge in [-0.15, -0.1) is 0 Å². The van der Waals surface area contributed by atoms with Crippen LogP contribution in [0.15, 0.2) is 158 Å². The molecule has 2 aromatic heterocycles. The molecule has 0 bridgehead atoms. The quantitative estimate of drug-likeness (QED) is 0.118. The number of hydrogen-bond acceptors (Lipinski definition) is 10. The van der Waals surface area contributed by atoms with Crippen LogP contribution in [0.2, 0.25) is 0 Å². The van der Waals surface area contributed by atoms with Gasteiger partial charge in [0.25, 0.3) is 0 Å². The number of rotatable bonds is 7. The predicted octanol–water partition coefficient (Wildman–Crippen LogP) is 11.6. The Labute approximate surface area is 386 Å². The van der Waals surface area contributed by atoms with Crippen LogP contribution in [0.4, 0.5) is 34.1 Å². The zero-order valence-electron chi connectivity index (χ0n) is 38.7. The third-order valence-corrected chi connectivity index (χ3v) is 11.7. The van der Waals surface area contributed by atoms with Crippen LogP contribution in [-0.2, 0) is 0 Å². The summed E-state index contributed by atoms with van der Waals surface area (Å²) in [5, 5.41) is 15.0. The maximum atomic E-state index is 8.50. The molecule has 0 spiro atoms. The summed E-state index contributed by atoms with van der Waals surface area (Å²) in [5.41, 5.74) is 25.3. The largest absolute Gasteiger partial charge is 0.398 e. The second-order valence-electron chi connectivity index (χ2n) is 17.0. The van der Waals surface area contributed by atoms with Crippen LogP contribution < -0.4 is 31.1 Å². The van der Waals surface area contributed by atoms with E-state index in [4.69, 9.17) is 31.7 Å². The van der Waals surface area contributed by atoms with Gasteiger partial charge in [0, 0.05) is 134 Å². The number of nitriles is 1. The number of hydrogen-bond donors (Lipinski definition) is 2. The minimum atomic E-state index is 0.704. The maximum Gasteiger partial charge on any atom is 0.160 e. The highest BCUT2D eigenvalue weighted by atomic mass is 15.1. The third kappa shape index (κ3) is 9.01. The summed E-state index contributed by atoms with van der Waals surface area (Å²) >= 11 is 0. The molecule has 0 radical (unpaired) electrons. The second-order valence-corrected chi connectivity index (χ2v) is 17.0. The molecule has 0 aliphatic rings. The Balaban J connectivity index is 0.000000209. The molecule has 10 rings (SSSR count). The number of aromatic nitrogens is 3. The first-order valence-electron chi connectivity index (χ1n) is 21.7. The summed E-state index contributed by atoms with van der Waals surface area (Å²) in [6, 6.07) is 55.4. The van der Waals surface area contributed by atoms with Gasteiger partial charge >= 0.3 is 0 Å². The van der Waals surface area contributed by atoms with E-state index >= 15 is 0 Å². The summed E-state index contributed by atoms with van der Waals surface area (Å²) in [4.78, 5) is 23.8. The Morgan fingerprint density at radius 1 is 0.394 bits per heavy atom. The lowest BCUT2D eigenvalue weighted by Crippen LogP contribution is -2.08. The molecule has 0 saturated carbocycles. The minimum Gasteiger partial charge on any atom is -0.398 e. The molecule has 0 saturated heterocycles. The molecule has 0 unspecified atom stereocenters. The lowest BCUT2D eigenvalue weighted by molar-refractivity contribution is 1.13. The first kappa shape index (κ1) is 44.2. The number of anilines is 6. The van der Waals surface area contributed by atoms with Crippen LogP contribution in [0.1, 0.15) is 5.56 Å². The molecular formula is C56H54N10. The smallest absolute Gasteiger partial charge is 0.160 e. The van der Waals surface area contributed by atoms with Gasteiger partial charge in [0.1, 0.15) is 0 Å². The van der Waals surface area contributed by atoms with E-state index in [1.54, 1.807) is 0 Å².